The number of rotatable bonds is 29. The first kappa shape index (κ1) is 60.0. The standard InChI is InChI=1S/C48H80N10O13/c1-34(2)28-40-39(47(66)55-67)7-5-21-71-38-10-8-36(9-11-38)29-41(54-46(40)65)42(60)30-37(6-4-12-53-48(49)50)45(64)52-14-23-69-25-27-70-26-24-68-22-13-51-43(61)32-57-17-15-56(31-35(3)59)16-19-58(20-18-57)33-44(62)63/h8-11,34,37,39-41,67H,4-7,12-33H2,1-3H3,(H,51,61)(H,52,64)(H,54,65)(H,55,66)(H,62,63)(H4,49,50,53)/t37-,39+,40-,41+/m1/s1. The van der Waals surface area contributed by atoms with Gasteiger partial charge in [0.25, 0.3) is 0 Å². The highest BCUT2D eigenvalue weighted by atomic mass is 16.5. The molecule has 2 bridgehead atoms. The Morgan fingerprint density at radius 3 is 1.99 bits per heavy atom. The second-order valence-corrected chi connectivity index (χ2v) is 18.4. The van der Waals surface area contributed by atoms with Crippen LogP contribution < -0.4 is 37.6 Å². The lowest BCUT2D eigenvalue weighted by molar-refractivity contribution is -0.142. The molecule has 4 atom stereocenters. The van der Waals surface area contributed by atoms with Crippen LogP contribution >= 0.6 is 0 Å². The number of nitrogens with one attached hydrogen (secondary N) is 4. The summed E-state index contributed by atoms with van der Waals surface area (Å²) in [6, 6.07) is 6.16. The number of hydrogen-bond donors (Lipinski definition) is 8. The van der Waals surface area contributed by atoms with Crippen molar-refractivity contribution in [3.8, 4) is 5.75 Å². The fourth-order valence-electron chi connectivity index (χ4n) is 8.41. The van der Waals surface area contributed by atoms with Crippen LogP contribution in [-0.4, -0.2) is 203 Å². The second-order valence-electron chi connectivity index (χ2n) is 18.4. The van der Waals surface area contributed by atoms with E-state index in [0.717, 1.165) is 5.56 Å². The zero-order valence-corrected chi connectivity index (χ0v) is 41.9. The molecule has 4 rings (SSSR count). The first-order chi connectivity index (χ1) is 34.0. The molecular formula is C48H80N10O13. The number of carbonyl (C=O) groups is 7. The summed E-state index contributed by atoms with van der Waals surface area (Å²) in [7, 11) is 0. The molecule has 0 radical (unpaired) electrons. The zero-order valence-electron chi connectivity index (χ0n) is 41.9. The fourth-order valence-corrected chi connectivity index (χ4v) is 8.41. The molecule has 1 fully saturated rings. The number of ketones is 2. The van der Waals surface area contributed by atoms with Crippen molar-refractivity contribution in [1.29, 1.82) is 0 Å². The summed E-state index contributed by atoms with van der Waals surface area (Å²) in [5.41, 5.74) is 13.5. The molecule has 4 amide bonds. The third kappa shape index (κ3) is 25.6. The first-order valence-corrected chi connectivity index (χ1v) is 24.7. The van der Waals surface area contributed by atoms with Crippen molar-refractivity contribution in [1.82, 2.24) is 36.1 Å². The van der Waals surface area contributed by atoms with Gasteiger partial charge >= 0.3 is 5.97 Å². The minimum absolute atomic E-state index is 0.0150. The number of amides is 4. The Labute approximate surface area is 417 Å². The van der Waals surface area contributed by atoms with E-state index < -0.39 is 41.6 Å². The van der Waals surface area contributed by atoms with E-state index in [0.29, 0.717) is 90.6 Å². The molecule has 3 aliphatic rings. The summed E-state index contributed by atoms with van der Waals surface area (Å²) in [6.45, 7) is 11.5. The van der Waals surface area contributed by atoms with Gasteiger partial charge in [0.2, 0.25) is 23.6 Å². The Kier molecular flexibility index (Phi) is 28.8. The number of ether oxygens (including phenoxy) is 4. The number of fused-ring (bicyclic) bond motifs is 11. The van der Waals surface area contributed by atoms with Crippen LogP contribution in [0, 0.1) is 23.7 Å². The fraction of sp³-hybridized carbons (Fsp3) is 0.708. The van der Waals surface area contributed by atoms with Crippen molar-refractivity contribution in [2.75, 3.05) is 125 Å². The number of Topliss-reactive ketones (excluding diaryl/α,β-unsaturated/α-hetero) is 2. The molecule has 1 aromatic rings. The van der Waals surface area contributed by atoms with Crippen LogP contribution in [-0.2, 0) is 54.2 Å². The largest absolute Gasteiger partial charge is 0.494 e. The quantitative estimate of drug-likeness (QED) is 0.0160. The SMILES string of the molecule is CC(=O)CN1CCN(CC(=O)O)CCN(CC(=O)NCCOCCOCCOCCNC(=O)[C@H](CCCN=C(N)N)CC(=O)[C@@H]2Cc3ccc(cc3)OCCC[C@H](C(=O)NO)[C@@H](CC(C)C)C(=O)N2)CC1. The minimum Gasteiger partial charge on any atom is -0.494 e. The van der Waals surface area contributed by atoms with Crippen LogP contribution in [0.5, 0.6) is 5.75 Å². The molecule has 0 spiro atoms. The van der Waals surface area contributed by atoms with Crippen LogP contribution in [0.25, 0.3) is 0 Å². The maximum atomic E-state index is 14.2. The molecule has 1 saturated heterocycles. The maximum Gasteiger partial charge on any atom is 0.317 e. The normalized spacial score (nSPS) is 19.2. The Hall–Kier alpha value is -5.30. The van der Waals surface area contributed by atoms with E-state index in [1.54, 1.807) is 17.6 Å². The van der Waals surface area contributed by atoms with E-state index in [1.807, 2.05) is 40.7 Å². The smallest absolute Gasteiger partial charge is 0.317 e. The van der Waals surface area contributed by atoms with E-state index >= 15 is 0 Å². The number of carbonyl (C=O) groups excluding carboxylic acids is 6. The van der Waals surface area contributed by atoms with Gasteiger partial charge in [0.15, 0.2) is 11.7 Å². The number of nitrogens with two attached hydrogens (primary N) is 2. The lowest BCUT2D eigenvalue weighted by atomic mass is 9.81. The second kappa shape index (κ2) is 34.1. The lowest BCUT2D eigenvalue weighted by Gasteiger charge is -2.29. The van der Waals surface area contributed by atoms with E-state index in [2.05, 4.69) is 20.9 Å². The average molecular weight is 1010 g/mol. The summed E-state index contributed by atoms with van der Waals surface area (Å²) < 4.78 is 22.7. The molecule has 23 nitrogen and oxygen atoms in total. The molecule has 3 heterocycles. The van der Waals surface area contributed by atoms with Gasteiger partial charge in [-0.2, -0.15) is 0 Å². The number of hydroxylamine groups is 1. The Bertz CT molecular complexity index is 1810. The highest BCUT2D eigenvalue weighted by molar-refractivity contribution is 5.94. The summed E-state index contributed by atoms with van der Waals surface area (Å²) >= 11 is 0. The number of hydrogen-bond acceptors (Lipinski definition) is 16. The van der Waals surface area contributed by atoms with Gasteiger partial charge < -0.3 is 51.5 Å². The van der Waals surface area contributed by atoms with Gasteiger partial charge in [0, 0.05) is 77.2 Å². The number of aliphatic carboxylic acids is 1. The predicted octanol–water partition coefficient (Wildman–Crippen LogP) is -0.825. The molecule has 0 aromatic heterocycles. The Balaban J connectivity index is 1.44. The molecule has 23 heteroatoms. The molecule has 0 unspecified atom stereocenters. The number of carboxylic acid groups (broad SMARTS) is 1. The van der Waals surface area contributed by atoms with Crippen LogP contribution in [0.4, 0.5) is 0 Å². The van der Waals surface area contributed by atoms with Crippen LogP contribution in [0.3, 0.4) is 0 Å². The zero-order chi connectivity index (χ0) is 52.0. The highest BCUT2D eigenvalue weighted by Gasteiger charge is 2.37. The molecule has 71 heavy (non-hydrogen) atoms. The maximum absolute atomic E-state index is 14.2. The van der Waals surface area contributed by atoms with Crippen molar-refractivity contribution in [2.24, 2.45) is 40.1 Å². The summed E-state index contributed by atoms with van der Waals surface area (Å²) in [5, 5.41) is 27.5. The summed E-state index contributed by atoms with van der Waals surface area (Å²) in [4.78, 5) is 100. The number of benzene rings is 1. The predicted molar refractivity (Wildman–Crippen MR) is 262 cm³/mol. The molecule has 400 valence electrons. The highest BCUT2D eigenvalue weighted by Crippen LogP contribution is 2.27. The minimum atomic E-state index is -1.03. The number of nitrogens with zero attached hydrogens (tertiary/aromatic N) is 4. The van der Waals surface area contributed by atoms with Gasteiger partial charge in [-0.1, -0.05) is 26.0 Å². The van der Waals surface area contributed by atoms with Gasteiger partial charge in [-0.3, -0.25) is 58.5 Å². The monoisotopic (exact) mass is 1000 g/mol. The van der Waals surface area contributed by atoms with Crippen LogP contribution in [0.2, 0.25) is 0 Å². The number of guanidine groups is 1. The van der Waals surface area contributed by atoms with Gasteiger partial charge in [-0.15, -0.1) is 0 Å². The van der Waals surface area contributed by atoms with Crippen LogP contribution in [0.1, 0.15) is 64.9 Å². The van der Waals surface area contributed by atoms with Crippen molar-refractivity contribution < 1.29 is 62.8 Å². The molecule has 1 aromatic carbocycles. The van der Waals surface area contributed by atoms with Gasteiger partial charge in [-0.25, -0.2) is 5.48 Å². The molecule has 3 aliphatic heterocycles. The lowest BCUT2D eigenvalue weighted by Crippen LogP contribution is -2.49. The topological polar surface area (TPSA) is 319 Å². The van der Waals surface area contributed by atoms with E-state index in [-0.39, 0.29) is 120 Å². The van der Waals surface area contributed by atoms with Crippen molar-refractivity contribution in [2.45, 2.75) is 71.8 Å². The molecule has 0 aliphatic carbocycles. The Morgan fingerprint density at radius 2 is 1.42 bits per heavy atom. The van der Waals surface area contributed by atoms with Crippen molar-refractivity contribution in [3.05, 3.63) is 29.8 Å². The van der Waals surface area contributed by atoms with Gasteiger partial charge in [-0.05, 0) is 69.1 Å². The average Bonchev–Trinajstić information content (AvgIpc) is 3.40. The van der Waals surface area contributed by atoms with Crippen molar-refractivity contribution >= 4 is 47.1 Å². The first-order valence-electron chi connectivity index (χ1n) is 24.7. The molecular weight excluding hydrogens is 925 g/mol. The van der Waals surface area contributed by atoms with Crippen LogP contribution in [0.15, 0.2) is 29.3 Å². The Morgan fingerprint density at radius 1 is 0.845 bits per heavy atom. The van der Waals surface area contributed by atoms with E-state index in [4.69, 9.17) is 30.4 Å². The number of carboxylic acids is 1. The van der Waals surface area contributed by atoms with E-state index in [9.17, 15) is 43.9 Å². The molecule has 0 saturated carbocycles. The number of aliphatic imine (C=N–C) groups is 1. The third-order valence-corrected chi connectivity index (χ3v) is 12.0. The van der Waals surface area contributed by atoms with Crippen molar-refractivity contribution in [3.63, 3.8) is 0 Å². The summed E-state index contributed by atoms with van der Waals surface area (Å²) in [5.74, 6) is -5.00. The molecule has 10 N–H and O–H groups in total. The van der Waals surface area contributed by atoms with Gasteiger partial charge in [0.05, 0.1) is 77.8 Å². The summed E-state index contributed by atoms with van der Waals surface area (Å²) in [6.07, 6.45) is 1.64. The van der Waals surface area contributed by atoms with E-state index in [1.165, 1.54) is 6.92 Å². The third-order valence-electron chi connectivity index (χ3n) is 12.0. The van der Waals surface area contributed by atoms with Gasteiger partial charge in [0.1, 0.15) is 11.5 Å².